The fourth-order valence-electron chi connectivity index (χ4n) is 2.45. The van der Waals surface area contributed by atoms with Crippen LogP contribution in [0.1, 0.15) is 11.3 Å². The number of carbonyl (C=O) groups is 1. The molecule has 0 radical (unpaired) electrons. The summed E-state index contributed by atoms with van der Waals surface area (Å²) >= 11 is 3.42. The second-order valence-electron chi connectivity index (χ2n) is 5.87. The van der Waals surface area contributed by atoms with E-state index in [0.717, 1.165) is 15.7 Å². The van der Waals surface area contributed by atoms with Crippen LogP contribution in [0.15, 0.2) is 46.0 Å². The van der Waals surface area contributed by atoms with Gasteiger partial charge in [-0.3, -0.25) is 9.79 Å². The Balaban J connectivity index is 1.90. The maximum Gasteiger partial charge on any atom is 0.243 e. The average Bonchev–Trinajstić information content (AvgIpc) is 2.96. The molecule has 0 unspecified atom stereocenters. The smallest absolute Gasteiger partial charge is 0.243 e. The van der Waals surface area contributed by atoms with E-state index in [4.69, 9.17) is 0 Å². The Bertz CT molecular complexity index is 769. The lowest BCUT2D eigenvalue weighted by Crippen LogP contribution is -2.42. The van der Waals surface area contributed by atoms with Crippen molar-refractivity contribution in [1.29, 1.82) is 0 Å². The van der Waals surface area contributed by atoms with Crippen LogP contribution in [0.3, 0.4) is 0 Å². The van der Waals surface area contributed by atoms with E-state index in [9.17, 15) is 4.79 Å². The van der Waals surface area contributed by atoms with E-state index in [2.05, 4.69) is 42.2 Å². The Kier molecular flexibility index (Phi) is 6.64. The monoisotopic (exact) mass is 405 g/mol. The van der Waals surface area contributed by atoms with E-state index in [1.807, 2.05) is 56.4 Å². The van der Waals surface area contributed by atoms with Crippen LogP contribution in [-0.2, 0) is 18.4 Å². The van der Waals surface area contributed by atoms with Crippen LogP contribution in [0.25, 0.3) is 0 Å². The van der Waals surface area contributed by atoms with Gasteiger partial charge >= 0.3 is 0 Å². The number of aliphatic imine (C=N–C) groups is 1. The standard InChI is InChI=1S/C18H24BrN5O/c1-13-7-8-14(19)10-16(13)22-17(25)11-21-18(20-2)24(4)12-15-6-5-9-23(15)3/h5-10H,11-12H2,1-4H3,(H,20,21)(H,22,25). The zero-order valence-corrected chi connectivity index (χ0v) is 16.6. The summed E-state index contributed by atoms with van der Waals surface area (Å²) in [5, 5.41) is 6.01. The Hall–Kier alpha value is -2.28. The van der Waals surface area contributed by atoms with Crippen LogP contribution < -0.4 is 10.6 Å². The number of benzene rings is 1. The molecule has 134 valence electrons. The lowest BCUT2D eigenvalue weighted by atomic mass is 10.2. The zero-order chi connectivity index (χ0) is 18.4. The fraction of sp³-hybridized carbons (Fsp3) is 0.333. The third-order valence-corrected chi connectivity index (χ3v) is 4.40. The van der Waals surface area contributed by atoms with Crippen LogP contribution in [0.2, 0.25) is 0 Å². The number of rotatable bonds is 5. The average molecular weight is 406 g/mol. The van der Waals surface area contributed by atoms with Crippen molar-refractivity contribution in [1.82, 2.24) is 14.8 Å². The highest BCUT2D eigenvalue weighted by Gasteiger charge is 2.11. The number of halogens is 1. The number of aryl methyl sites for hydroxylation is 2. The van der Waals surface area contributed by atoms with Crippen molar-refractivity contribution in [3.63, 3.8) is 0 Å². The van der Waals surface area contributed by atoms with Crippen molar-refractivity contribution in [3.8, 4) is 0 Å². The van der Waals surface area contributed by atoms with Gasteiger partial charge in [-0.15, -0.1) is 0 Å². The van der Waals surface area contributed by atoms with Gasteiger partial charge in [-0.05, 0) is 36.8 Å². The van der Waals surface area contributed by atoms with Gasteiger partial charge in [0.25, 0.3) is 0 Å². The Labute approximate surface area is 157 Å². The van der Waals surface area contributed by atoms with Gasteiger partial charge in [0, 0.05) is 43.2 Å². The molecule has 0 aliphatic heterocycles. The lowest BCUT2D eigenvalue weighted by molar-refractivity contribution is -0.115. The molecule has 2 rings (SSSR count). The summed E-state index contributed by atoms with van der Waals surface area (Å²) in [5.74, 6) is 0.553. The number of carbonyl (C=O) groups excluding carboxylic acids is 1. The molecule has 0 saturated heterocycles. The van der Waals surface area contributed by atoms with Gasteiger partial charge in [0.1, 0.15) is 0 Å². The molecule has 0 spiro atoms. The molecule has 0 fully saturated rings. The molecule has 1 aromatic heterocycles. The molecule has 0 saturated carbocycles. The molecule has 2 N–H and O–H groups in total. The first-order valence-electron chi connectivity index (χ1n) is 7.98. The number of aromatic nitrogens is 1. The first-order chi connectivity index (χ1) is 11.9. The minimum absolute atomic E-state index is 0.116. The summed E-state index contributed by atoms with van der Waals surface area (Å²) in [6.45, 7) is 2.81. The number of nitrogens with zero attached hydrogens (tertiary/aromatic N) is 3. The highest BCUT2D eigenvalue weighted by molar-refractivity contribution is 9.10. The van der Waals surface area contributed by atoms with E-state index in [0.29, 0.717) is 12.5 Å². The first kappa shape index (κ1) is 19.1. The summed E-state index contributed by atoms with van der Waals surface area (Å²) in [4.78, 5) is 18.4. The molecular formula is C18H24BrN5O. The van der Waals surface area contributed by atoms with Crippen LogP contribution in [0.4, 0.5) is 5.69 Å². The number of hydrogen-bond acceptors (Lipinski definition) is 2. The van der Waals surface area contributed by atoms with Crippen molar-refractivity contribution in [2.45, 2.75) is 13.5 Å². The highest BCUT2D eigenvalue weighted by Crippen LogP contribution is 2.20. The predicted molar refractivity (Wildman–Crippen MR) is 106 cm³/mol. The van der Waals surface area contributed by atoms with E-state index in [-0.39, 0.29) is 12.5 Å². The molecule has 1 aromatic carbocycles. The van der Waals surface area contributed by atoms with Crippen molar-refractivity contribution < 1.29 is 4.79 Å². The van der Waals surface area contributed by atoms with Gasteiger partial charge in [0.2, 0.25) is 5.91 Å². The molecular weight excluding hydrogens is 382 g/mol. The summed E-state index contributed by atoms with van der Waals surface area (Å²) < 4.78 is 2.99. The van der Waals surface area contributed by atoms with Gasteiger partial charge in [0.05, 0.1) is 13.1 Å². The maximum atomic E-state index is 12.2. The Morgan fingerprint density at radius 2 is 2.12 bits per heavy atom. The first-order valence-corrected chi connectivity index (χ1v) is 8.78. The second kappa shape index (κ2) is 8.71. The molecule has 1 heterocycles. The second-order valence-corrected chi connectivity index (χ2v) is 6.79. The van der Waals surface area contributed by atoms with Crippen molar-refractivity contribution in [2.24, 2.45) is 12.0 Å². The van der Waals surface area contributed by atoms with Crippen molar-refractivity contribution in [2.75, 3.05) is 26.0 Å². The number of amides is 1. The number of anilines is 1. The van der Waals surface area contributed by atoms with E-state index in [1.54, 1.807) is 7.05 Å². The third-order valence-electron chi connectivity index (χ3n) is 3.90. The maximum absolute atomic E-state index is 12.2. The fourth-order valence-corrected chi connectivity index (χ4v) is 2.81. The van der Waals surface area contributed by atoms with Crippen LogP contribution >= 0.6 is 15.9 Å². The molecule has 0 aliphatic rings. The number of guanidine groups is 1. The normalized spacial score (nSPS) is 11.3. The summed E-state index contributed by atoms with van der Waals surface area (Å²) in [7, 11) is 5.66. The summed E-state index contributed by atoms with van der Waals surface area (Å²) in [5.41, 5.74) is 2.98. The van der Waals surface area contributed by atoms with Gasteiger partial charge < -0.3 is 20.1 Å². The van der Waals surface area contributed by atoms with E-state index < -0.39 is 0 Å². The van der Waals surface area contributed by atoms with Crippen molar-refractivity contribution in [3.05, 3.63) is 52.3 Å². The van der Waals surface area contributed by atoms with Crippen molar-refractivity contribution >= 4 is 33.5 Å². The highest BCUT2D eigenvalue weighted by atomic mass is 79.9. The molecule has 25 heavy (non-hydrogen) atoms. The number of hydrogen-bond donors (Lipinski definition) is 2. The molecule has 0 bridgehead atoms. The van der Waals surface area contributed by atoms with Gasteiger partial charge in [-0.25, -0.2) is 0 Å². The van der Waals surface area contributed by atoms with Gasteiger partial charge in [0.15, 0.2) is 5.96 Å². The quantitative estimate of drug-likeness (QED) is 0.593. The number of nitrogens with one attached hydrogen (secondary N) is 2. The molecule has 1 amide bonds. The predicted octanol–water partition coefficient (Wildman–Crippen LogP) is 2.74. The molecule has 2 aromatic rings. The lowest BCUT2D eigenvalue weighted by Gasteiger charge is -2.22. The van der Waals surface area contributed by atoms with E-state index >= 15 is 0 Å². The zero-order valence-electron chi connectivity index (χ0n) is 15.0. The third kappa shape index (κ3) is 5.35. The topological polar surface area (TPSA) is 61.7 Å². The molecule has 0 atom stereocenters. The van der Waals surface area contributed by atoms with Gasteiger partial charge in [-0.2, -0.15) is 0 Å². The van der Waals surface area contributed by atoms with Crippen LogP contribution in [-0.4, -0.2) is 42.0 Å². The van der Waals surface area contributed by atoms with Crippen LogP contribution in [0.5, 0.6) is 0 Å². The van der Waals surface area contributed by atoms with Crippen LogP contribution in [0, 0.1) is 6.92 Å². The Morgan fingerprint density at radius 3 is 2.76 bits per heavy atom. The summed E-state index contributed by atoms with van der Waals surface area (Å²) in [6.07, 6.45) is 2.01. The molecule has 7 heteroatoms. The minimum Gasteiger partial charge on any atom is -0.353 e. The SMILES string of the molecule is CN=C(NCC(=O)Nc1cc(Br)ccc1C)N(C)Cc1cccn1C. The Morgan fingerprint density at radius 1 is 1.36 bits per heavy atom. The molecule has 0 aliphatic carbocycles. The summed E-state index contributed by atoms with van der Waals surface area (Å²) in [6, 6.07) is 9.87. The van der Waals surface area contributed by atoms with E-state index in [1.165, 1.54) is 5.69 Å². The largest absolute Gasteiger partial charge is 0.353 e. The minimum atomic E-state index is -0.116. The molecule has 6 nitrogen and oxygen atoms in total. The van der Waals surface area contributed by atoms with Gasteiger partial charge in [-0.1, -0.05) is 22.0 Å².